The second-order valence-electron chi connectivity index (χ2n) is 17.3. The van der Waals surface area contributed by atoms with Crippen LogP contribution in [0.5, 0.6) is 11.5 Å². The van der Waals surface area contributed by atoms with Crippen LogP contribution in [-0.2, 0) is 33.7 Å². The maximum atomic E-state index is 14.7. The summed E-state index contributed by atoms with van der Waals surface area (Å²) in [5.41, 5.74) is 4.57. The van der Waals surface area contributed by atoms with Gasteiger partial charge in [-0.2, -0.15) is 4.31 Å². The fourth-order valence-corrected chi connectivity index (χ4v) is 12.0. The predicted molar refractivity (Wildman–Crippen MR) is 259 cm³/mol. The van der Waals surface area contributed by atoms with Gasteiger partial charge >= 0.3 is 5.97 Å². The van der Waals surface area contributed by atoms with Crippen molar-refractivity contribution < 1.29 is 41.6 Å². The van der Waals surface area contributed by atoms with Crippen molar-refractivity contribution in [2.45, 2.75) is 66.5 Å². The van der Waals surface area contributed by atoms with Gasteiger partial charge in [0, 0.05) is 72.7 Å². The van der Waals surface area contributed by atoms with E-state index in [-0.39, 0.29) is 75.4 Å². The Kier molecular flexibility index (Phi) is 15.4. The number of carbonyl (C=O) groups is 1. The number of carbonyl (C=O) groups excluding carboxylic acids is 1. The van der Waals surface area contributed by atoms with Gasteiger partial charge in [-0.1, -0.05) is 52.5 Å². The Labute approximate surface area is 402 Å². The standard InChI is InChI=1S/C48H58Cl4N3O9S/c1-9-54-35-24-37-33(22-31(35)29(4)26-47(54,5)6)39(40-41(46(56)63-11-3)43(50)45(52)44(51)42(40)49)34-23-32-30(27-48(7,8)55(10-2)36(32)25-38(34)64-37)28-65(57,58)53-12-14-59-16-18-61-20-21-62-19-17-60-15-13-53/h22-27H,9-21,28H2,1-8H3/q+1. The zero-order valence-corrected chi connectivity index (χ0v) is 42.1. The second-order valence-corrected chi connectivity index (χ2v) is 20.8. The van der Waals surface area contributed by atoms with Crippen LogP contribution in [0.25, 0.3) is 16.7 Å². The number of nitrogens with zero attached hydrogens (tertiary/aromatic N) is 3. The molecule has 3 aromatic carbocycles. The molecule has 4 aliphatic rings. The minimum absolute atomic E-state index is 0.00794. The number of anilines is 1. The zero-order chi connectivity index (χ0) is 47.0. The lowest BCUT2D eigenvalue weighted by atomic mass is 9.83. The van der Waals surface area contributed by atoms with Crippen LogP contribution in [0.4, 0.5) is 5.69 Å². The molecule has 0 N–H and O–H groups in total. The van der Waals surface area contributed by atoms with Gasteiger partial charge in [0.05, 0.1) is 108 Å². The van der Waals surface area contributed by atoms with Gasteiger partial charge in [-0.05, 0) is 70.9 Å². The van der Waals surface area contributed by atoms with Gasteiger partial charge < -0.3 is 33.3 Å². The third kappa shape index (κ3) is 9.89. The van der Waals surface area contributed by atoms with E-state index < -0.39 is 21.5 Å². The largest absolute Gasteiger partial charge is 0.462 e. The van der Waals surface area contributed by atoms with Gasteiger partial charge in [-0.3, -0.25) is 0 Å². The van der Waals surface area contributed by atoms with Crippen molar-refractivity contribution in [2.24, 2.45) is 0 Å². The molecule has 0 aromatic heterocycles. The van der Waals surface area contributed by atoms with E-state index >= 15 is 0 Å². The molecule has 1 fully saturated rings. The number of halogens is 4. The van der Waals surface area contributed by atoms with E-state index in [1.54, 1.807) is 6.92 Å². The molecule has 0 atom stereocenters. The highest BCUT2D eigenvalue weighted by atomic mass is 35.5. The van der Waals surface area contributed by atoms with Crippen molar-refractivity contribution in [2.75, 3.05) is 96.3 Å². The summed E-state index contributed by atoms with van der Waals surface area (Å²) in [7, 11) is -3.99. The van der Waals surface area contributed by atoms with Crippen LogP contribution in [-0.4, -0.2) is 121 Å². The van der Waals surface area contributed by atoms with Gasteiger partial charge in [0.15, 0.2) is 5.54 Å². The van der Waals surface area contributed by atoms with Crippen LogP contribution in [0.3, 0.4) is 0 Å². The minimum Gasteiger partial charge on any atom is -0.462 e. The molecule has 0 spiro atoms. The van der Waals surface area contributed by atoms with E-state index in [0.29, 0.717) is 85.2 Å². The SMILES string of the molecule is CCOC(=O)c1c(Cl)c(Cl)c(Cl)c(Cl)c1C1=c2cc3c(cc2Oc2cc4c(cc21)C(C)=CC(C)(C)N4CC)=[N+](CC)C(C)(C)C=C3CS(=O)(=O)N1CCOCCOCCOCCOCC1. The third-order valence-electron chi connectivity index (χ3n) is 12.2. The van der Waals surface area contributed by atoms with Crippen LogP contribution >= 0.6 is 46.4 Å². The molecule has 0 saturated carbocycles. The van der Waals surface area contributed by atoms with Crippen molar-refractivity contribution in [1.29, 1.82) is 0 Å². The van der Waals surface area contributed by atoms with Crippen LogP contribution in [0.1, 0.15) is 88.0 Å². The summed E-state index contributed by atoms with van der Waals surface area (Å²) in [5.74, 6) is -0.102. The molecule has 65 heavy (non-hydrogen) atoms. The molecular weight excluding hydrogens is 936 g/mol. The molecule has 0 amide bonds. The second kappa shape index (κ2) is 20.2. The number of hydrogen-bond donors (Lipinski definition) is 0. The quantitative estimate of drug-likeness (QED) is 0.0740. The van der Waals surface area contributed by atoms with Crippen molar-refractivity contribution in [3.05, 3.63) is 94.9 Å². The molecule has 4 heterocycles. The Morgan fingerprint density at radius 1 is 0.754 bits per heavy atom. The highest BCUT2D eigenvalue weighted by Gasteiger charge is 2.40. The molecule has 0 unspecified atom stereocenters. The summed E-state index contributed by atoms with van der Waals surface area (Å²) >= 11 is 27.8. The smallest absolute Gasteiger partial charge is 0.340 e. The van der Waals surface area contributed by atoms with Gasteiger partial charge in [0.2, 0.25) is 15.4 Å². The number of hydrogen-bond acceptors (Lipinski definition) is 10. The highest BCUT2D eigenvalue weighted by molar-refractivity contribution is 7.89. The summed E-state index contributed by atoms with van der Waals surface area (Å²) in [5, 5.41) is 1.04. The van der Waals surface area contributed by atoms with Gasteiger partial charge in [0.1, 0.15) is 18.0 Å². The molecule has 7 rings (SSSR count). The van der Waals surface area contributed by atoms with Crippen molar-refractivity contribution in [1.82, 2.24) is 8.88 Å². The predicted octanol–water partition coefficient (Wildman–Crippen LogP) is 8.25. The normalized spacial score (nSPS) is 19.4. The molecule has 4 aliphatic heterocycles. The number of sulfonamides is 1. The molecule has 0 bridgehead atoms. The summed E-state index contributed by atoms with van der Waals surface area (Å²) in [6, 6.07) is 7.94. The zero-order valence-electron chi connectivity index (χ0n) is 38.3. The number of benzene rings is 3. The maximum Gasteiger partial charge on any atom is 0.340 e. The molecule has 0 aliphatic carbocycles. The first kappa shape index (κ1) is 49.7. The topological polar surface area (TPSA) is 116 Å². The lowest BCUT2D eigenvalue weighted by Gasteiger charge is -2.43. The molecule has 12 nitrogen and oxygen atoms in total. The number of ether oxygens (including phenoxy) is 6. The molecule has 0 radical (unpaired) electrons. The van der Waals surface area contributed by atoms with Crippen molar-refractivity contribution in [3.8, 4) is 11.5 Å². The van der Waals surface area contributed by atoms with E-state index in [1.165, 1.54) is 4.31 Å². The fraction of sp³-hybridized carbons (Fsp3) is 0.500. The van der Waals surface area contributed by atoms with E-state index in [2.05, 4.69) is 64.0 Å². The number of rotatable bonds is 8. The third-order valence-corrected chi connectivity index (χ3v) is 15.9. The average molecular weight is 995 g/mol. The molecule has 3 aromatic rings. The van der Waals surface area contributed by atoms with Gasteiger partial charge in [0.25, 0.3) is 0 Å². The first-order valence-electron chi connectivity index (χ1n) is 22.1. The number of likely N-dealkylation sites (N-methyl/N-ethyl adjacent to an activating group) is 2. The number of esters is 1. The highest BCUT2D eigenvalue weighted by Crippen LogP contribution is 2.51. The first-order valence-corrected chi connectivity index (χ1v) is 25.2. The van der Waals surface area contributed by atoms with E-state index in [1.807, 2.05) is 30.3 Å². The van der Waals surface area contributed by atoms with Gasteiger partial charge in [-0.25, -0.2) is 17.8 Å². The Bertz CT molecular complexity index is 2670. The fourth-order valence-electron chi connectivity index (χ4n) is 9.45. The van der Waals surface area contributed by atoms with E-state index in [0.717, 1.165) is 28.7 Å². The molecule has 352 valence electrons. The summed E-state index contributed by atoms with van der Waals surface area (Å²) in [4.78, 5) is 16.4. The number of allylic oxidation sites excluding steroid dienone is 1. The Morgan fingerprint density at radius 3 is 1.94 bits per heavy atom. The molecule has 17 heteroatoms. The van der Waals surface area contributed by atoms with Crippen molar-refractivity contribution >= 4 is 84.8 Å². The Morgan fingerprint density at radius 2 is 1.35 bits per heavy atom. The summed E-state index contributed by atoms with van der Waals surface area (Å²) < 4.78 is 68.4. The lowest BCUT2D eigenvalue weighted by molar-refractivity contribution is 0.00206. The lowest BCUT2D eigenvalue weighted by Crippen LogP contribution is -2.50. The first-order chi connectivity index (χ1) is 30.9. The minimum atomic E-state index is -3.99. The van der Waals surface area contributed by atoms with Crippen LogP contribution in [0.15, 0.2) is 36.4 Å². The Hall–Kier alpha value is -3.21. The average Bonchev–Trinajstić information content (AvgIpc) is 3.25. The van der Waals surface area contributed by atoms with Crippen LogP contribution in [0, 0.1) is 0 Å². The summed E-state index contributed by atoms with van der Waals surface area (Å²) in [6.45, 7) is 20.6. The van der Waals surface area contributed by atoms with E-state index in [9.17, 15) is 13.2 Å². The molecular formula is C48H58Cl4N3O9S+. The maximum absolute atomic E-state index is 14.7. The monoisotopic (exact) mass is 992 g/mol. The molecule has 1 saturated heterocycles. The van der Waals surface area contributed by atoms with Crippen LogP contribution < -0.4 is 24.8 Å². The van der Waals surface area contributed by atoms with Crippen molar-refractivity contribution in [3.63, 3.8) is 0 Å². The van der Waals surface area contributed by atoms with Crippen LogP contribution in [0.2, 0.25) is 20.1 Å². The van der Waals surface area contributed by atoms with Gasteiger partial charge in [-0.15, -0.1) is 0 Å². The summed E-state index contributed by atoms with van der Waals surface area (Å²) in [6.07, 6.45) is 4.24. The van der Waals surface area contributed by atoms with E-state index in [4.69, 9.17) is 74.8 Å². The number of fused-ring (bicyclic) bond motifs is 4. The Balaban J connectivity index is 1.49.